The van der Waals surface area contributed by atoms with E-state index in [9.17, 15) is 9.59 Å². The van der Waals surface area contributed by atoms with Gasteiger partial charge in [-0.3, -0.25) is 9.59 Å². The van der Waals surface area contributed by atoms with E-state index in [2.05, 4.69) is 0 Å². The van der Waals surface area contributed by atoms with E-state index in [4.69, 9.17) is 9.52 Å². The van der Waals surface area contributed by atoms with Gasteiger partial charge >= 0.3 is 0 Å². The molecule has 3 heterocycles. The molecule has 0 N–H and O–H groups in total. The largest absolute Gasteiger partial charge is 0.459 e. The van der Waals surface area contributed by atoms with Gasteiger partial charge in [0.05, 0.1) is 18.0 Å². The van der Waals surface area contributed by atoms with Crippen molar-refractivity contribution in [1.29, 1.82) is 0 Å². The summed E-state index contributed by atoms with van der Waals surface area (Å²) in [4.78, 5) is 27.4. The molecule has 2 atom stereocenters. The lowest BCUT2D eigenvalue weighted by Crippen LogP contribution is -2.53. The molecule has 1 aliphatic carbocycles. The molecular weight excluding hydrogens is 366 g/mol. The molecule has 2 bridgehead atoms. The van der Waals surface area contributed by atoms with Crippen molar-refractivity contribution >= 4 is 5.91 Å². The standard InChI is InChI=1S/C23H23N3O3/c27-21-12-11-19(16-6-2-1-3-7-16)24-26(21)22-17-8-4-9-18(22)15-25(14-17)23(28)20-10-5-13-29-20/h1-3,5-7,10-13,17-18,22H,4,8-9,14-15H2. The van der Waals surface area contributed by atoms with E-state index in [1.807, 2.05) is 35.2 Å². The molecule has 3 aromatic rings. The molecule has 2 aromatic heterocycles. The van der Waals surface area contributed by atoms with Gasteiger partial charge in [0.1, 0.15) is 0 Å². The fourth-order valence-electron chi connectivity index (χ4n) is 4.93. The second kappa shape index (κ2) is 7.35. The van der Waals surface area contributed by atoms with E-state index < -0.39 is 0 Å². The molecule has 2 fully saturated rings. The molecule has 1 saturated heterocycles. The third-order valence-electron chi connectivity index (χ3n) is 6.22. The number of likely N-dealkylation sites (tertiary alicyclic amines) is 1. The van der Waals surface area contributed by atoms with E-state index in [0.717, 1.165) is 30.5 Å². The normalized spacial score (nSPS) is 23.7. The molecule has 6 nitrogen and oxygen atoms in total. The van der Waals surface area contributed by atoms with Gasteiger partial charge in [-0.1, -0.05) is 36.8 Å². The number of hydrogen-bond donors (Lipinski definition) is 0. The van der Waals surface area contributed by atoms with Crippen molar-refractivity contribution in [3.63, 3.8) is 0 Å². The van der Waals surface area contributed by atoms with Gasteiger partial charge in [-0.05, 0) is 42.9 Å². The number of carbonyl (C=O) groups is 1. The van der Waals surface area contributed by atoms with E-state index in [-0.39, 0.29) is 29.3 Å². The Hall–Kier alpha value is -3.15. The summed E-state index contributed by atoms with van der Waals surface area (Å²) < 4.78 is 6.99. The summed E-state index contributed by atoms with van der Waals surface area (Å²) in [7, 11) is 0. The zero-order valence-corrected chi connectivity index (χ0v) is 16.1. The van der Waals surface area contributed by atoms with E-state index in [1.54, 1.807) is 28.9 Å². The molecule has 2 aliphatic rings. The zero-order chi connectivity index (χ0) is 19.8. The second-order valence-electron chi connectivity index (χ2n) is 8.00. The Labute approximate surface area is 168 Å². The number of nitrogens with zero attached hydrogens (tertiary/aromatic N) is 3. The van der Waals surface area contributed by atoms with Crippen LogP contribution in [0.4, 0.5) is 0 Å². The van der Waals surface area contributed by atoms with Crippen LogP contribution in [0.2, 0.25) is 0 Å². The Bertz CT molecular complexity index is 1040. The van der Waals surface area contributed by atoms with Crippen LogP contribution >= 0.6 is 0 Å². The lowest BCUT2D eigenvalue weighted by molar-refractivity contribution is 0.0177. The van der Waals surface area contributed by atoms with Crippen LogP contribution in [0.1, 0.15) is 35.9 Å². The monoisotopic (exact) mass is 389 g/mol. The Balaban J connectivity index is 1.46. The van der Waals surface area contributed by atoms with Crippen molar-refractivity contribution in [3.05, 3.63) is 77.0 Å². The van der Waals surface area contributed by atoms with Crippen LogP contribution < -0.4 is 5.56 Å². The molecule has 29 heavy (non-hydrogen) atoms. The number of benzene rings is 1. The number of piperidine rings is 1. The maximum Gasteiger partial charge on any atom is 0.289 e. The molecule has 0 spiro atoms. The summed E-state index contributed by atoms with van der Waals surface area (Å²) in [6.07, 6.45) is 4.64. The van der Waals surface area contributed by atoms with Gasteiger partial charge in [0.2, 0.25) is 0 Å². The van der Waals surface area contributed by atoms with Crippen molar-refractivity contribution in [2.45, 2.75) is 25.3 Å². The van der Waals surface area contributed by atoms with Crippen molar-refractivity contribution in [2.24, 2.45) is 11.8 Å². The van der Waals surface area contributed by atoms with Gasteiger partial charge in [-0.2, -0.15) is 5.10 Å². The van der Waals surface area contributed by atoms with Gasteiger partial charge in [0.25, 0.3) is 11.5 Å². The van der Waals surface area contributed by atoms with Gasteiger partial charge < -0.3 is 9.32 Å². The average Bonchev–Trinajstić information content (AvgIpc) is 3.28. The van der Waals surface area contributed by atoms with Crippen LogP contribution in [0.5, 0.6) is 0 Å². The first-order chi connectivity index (χ1) is 14.2. The molecule has 1 saturated carbocycles. The minimum Gasteiger partial charge on any atom is -0.459 e. The number of rotatable bonds is 3. The highest BCUT2D eigenvalue weighted by atomic mass is 16.3. The van der Waals surface area contributed by atoms with E-state index in [1.165, 1.54) is 6.26 Å². The minimum atomic E-state index is -0.0719. The van der Waals surface area contributed by atoms with Crippen molar-refractivity contribution in [3.8, 4) is 11.3 Å². The summed E-state index contributed by atoms with van der Waals surface area (Å²) in [5.74, 6) is 0.752. The number of aromatic nitrogens is 2. The summed E-state index contributed by atoms with van der Waals surface area (Å²) >= 11 is 0. The minimum absolute atomic E-state index is 0.0283. The molecule has 1 amide bonds. The zero-order valence-electron chi connectivity index (χ0n) is 16.1. The van der Waals surface area contributed by atoms with Gasteiger partial charge in [0.15, 0.2) is 5.76 Å². The number of hydrogen-bond acceptors (Lipinski definition) is 4. The first kappa shape index (κ1) is 17.9. The topological polar surface area (TPSA) is 68.3 Å². The van der Waals surface area contributed by atoms with Gasteiger partial charge in [-0.25, -0.2) is 4.68 Å². The highest BCUT2D eigenvalue weighted by molar-refractivity contribution is 5.91. The molecule has 1 aliphatic heterocycles. The Morgan fingerprint density at radius 2 is 1.72 bits per heavy atom. The molecule has 2 unspecified atom stereocenters. The van der Waals surface area contributed by atoms with Gasteiger partial charge in [-0.15, -0.1) is 0 Å². The van der Waals surface area contributed by atoms with Gasteiger partial charge in [0, 0.05) is 24.7 Å². The van der Waals surface area contributed by atoms with Crippen LogP contribution in [-0.4, -0.2) is 33.7 Å². The number of furan rings is 1. The second-order valence-corrected chi connectivity index (χ2v) is 8.00. The average molecular weight is 389 g/mol. The van der Waals surface area contributed by atoms with Crippen LogP contribution in [0.25, 0.3) is 11.3 Å². The van der Waals surface area contributed by atoms with Crippen LogP contribution in [0, 0.1) is 11.8 Å². The Morgan fingerprint density at radius 3 is 2.41 bits per heavy atom. The molecule has 0 radical (unpaired) electrons. The maximum absolute atomic E-state index is 12.8. The lowest BCUT2D eigenvalue weighted by atomic mass is 9.73. The fraction of sp³-hybridized carbons (Fsp3) is 0.348. The fourth-order valence-corrected chi connectivity index (χ4v) is 4.93. The molecule has 148 valence electrons. The number of fused-ring (bicyclic) bond motifs is 2. The third-order valence-corrected chi connectivity index (χ3v) is 6.22. The molecule has 5 rings (SSSR count). The highest BCUT2D eigenvalue weighted by Crippen LogP contribution is 2.42. The van der Waals surface area contributed by atoms with Crippen molar-refractivity contribution in [1.82, 2.24) is 14.7 Å². The summed E-state index contributed by atoms with van der Waals surface area (Å²) in [6, 6.07) is 16.8. The Morgan fingerprint density at radius 1 is 0.966 bits per heavy atom. The summed E-state index contributed by atoms with van der Waals surface area (Å²) in [6.45, 7) is 1.26. The quantitative estimate of drug-likeness (QED) is 0.686. The summed E-state index contributed by atoms with van der Waals surface area (Å²) in [5, 5.41) is 4.75. The van der Waals surface area contributed by atoms with Crippen LogP contribution in [-0.2, 0) is 0 Å². The predicted molar refractivity (Wildman–Crippen MR) is 108 cm³/mol. The molecule has 6 heteroatoms. The Kier molecular flexibility index (Phi) is 4.54. The van der Waals surface area contributed by atoms with E-state index >= 15 is 0 Å². The van der Waals surface area contributed by atoms with Crippen LogP contribution in [0.3, 0.4) is 0 Å². The number of amides is 1. The lowest BCUT2D eigenvalue weighted by Gasteiger charge is -2.47. The van der Waals surface area contributed by atoms with E-state index in [0.29, 0.717) is 18.8 Å². The smallest absolute Gasteiger partial charge is 0.289 e. The maximum atomic E-state index is 12.8. The van der Waals surface area contributed by atoms with Crippen LogP contribution in [0.15, 0.2) is 70.1 Å². The molecule has 1 aromatic carbocycles. The summed E-state index contributed by atoms with van der Waals surface area (Å²) in [5.41, 5.74) is 1.73. The predicted octanol–water partition coefficient (Wildman–Crippen LogP) is 3.62. The molecular formula is C23H23N3O3. The van der Waals surface area contributed by atoms with Crippen molar-refractivity contribution < 1.29 is 9.21 Å². The first-order valence-corrected chi connectivity index (χ1v) is 10.2. The third kappa shape index (κ3) is 3.28. The number of carbonyl (C=O) groups excluding carboxylic acids is 1. The first-order valence-electron chi connectivity index (χ1n) is 10.2. The highest BCUT2D eigenvalue weighted by Gasteiger charge is 2.43. The SMILES string of the molecule is O=C(c1ccco1)N1CC2CCCC(C1)C2n1nc(-c2ccccc2)ccc1=O. The van der Waals surface area contributed by atoms with Crippen molar-refractivity contribution in [2.75, 3.05) is 13.1 Å².